The summed E-state index contributed by atoms with van der Waals surface area (Å²) in [5.74, 6) is 1.95. The maximum absolute atomic E-state index is 13.4. The van der Waals surface area contributed by atoms with Crippen LogP contribution >= 0.6 is 11.8 Å². The summed E-state index contributed by atoms with van der Waals surface area (Å²) < 4.78 is 20.6. The van der Waals surface area contributed by atoms with E-state index < -0.39 is 0 Å². The normalized spacial score (nSPS) is 10.8. The van der Waals surface area contributed by atoms with Crippen molar-refractivity contribution < 1.29 is 9.13 Å². The third-order valence-electron chi connectivity index (χ3n) is 4.18. The zero-order chi connectivity index (χ0) is 19.3. The summed E-state index contributed by atoms with van der Waals surface area (Å²) in [4.78, 5) is 4.06. The summed E-state index contributed by atoms with van der Waals surface area (Å²) in [5, 5.41) is 9.48. The number of methoxy groups -OCH3 is 1. The van der Waals surface area contributed by atoms with Crippen LogP contribution in [0.4, 0.5) is 4.39 Å². The van der Waals surface area contributed by atoms with Gasteiger partial charge < -0.3 is 4.74 Å². The van der Waals surface area contributed by atoms with Gasteiger partial charge in [0, 0.05) is 29.4 Å². The van der Waals surface area contributed by atoms with E-state index in [9.17, 15) is 4.39 Å². The average Bonchev–Trinajstić information content (AvgIpc) is 3.18. The lowest BCUT2D eigenvalue weighted by Crippen LogP contribution is -2.00. The molecule has 0 spiro atoms. The molecule has 2 aromatic carbocycles. The van der Waals surface area contributed by atoms with Crippen molar-refractivity contribution >= 4 is 11.8 Å². The number of halogens is 1. The average molecular weight is 392 g/mol. The lowest BCUT2D eigenvalue weighted by molar-refractivity contribution is 0.414. The summed E-state index contributed by atoms with van der Waals surface area (Å²) >= 11 is 1.57. The van der Waals surface area contributed by atoms with Crippen molar-refractivity contribution in [3.8, 4) is 22.8 Å². The highest BCUT2D eigenvalue weighted by atomic mass is 32.2. The molecule has 0 fully saturated rings. The fourth-order valence-electron chi connectivity index (χ4n) is 2.74. The first-order valence-electron chi connectivity index (χ1n) is 8.62. The summed E-state index contributed by atoms with van der Waals surface area (Å²) in [6.07, 6.45) is 3.42. The molecule has 0 saturated heterocycles. The molecule has 4 aromatic rings. The Kier molecular flexibility index (Phi) is 5.34. The number of aromatic nitrogens is 4. The number of rotatable bonds is 6. The van der Waals surface area contributed by atoms with Crippen molar-refractivity contribution in [2.75, 3.05) is 7.11 Å². The number of benzene rings is 2. The molecule has 0 unspecified atom stereocenters. The molecule has 0 N–H and O–H groups in total. The van der Waals surface area contributed by atoms with Crippen molar-refractivity contribution in [2.24, 2.45) is 0 Å². The van der Waals surface area contributed by atoms with Gasteiger partial charge in [-0.25, -0.2) is 4.39 Å². The van der Waals surface area contributed by atoms with Gasteiger partial charge in [0.2, 0.25) is 0 Å². The molecule has 5 nitrogen and oxygen atoms in total. The quantitative estimate of drug-likeness (QED) is 0.443. The number of thioether (sulfide) groups is 1. The third kappa shape index (κ3) is 3.89. The van der Waals surface area contributed by atoms with E-state index in [1.54, 1.807) is 43.4 Å². The van der Waals surface area contributed by atoms with E-state index >= 15 is 0 Å². The molecule has 4 rings (SSSR count). The zero-order valence-corrected chi connectivity index (χ0v) is 15.9. The number of nitrogens with zero attached hydrogens (tertiary/aromatic N) is 4. The zero-order valence-electron chi connectivity index (χ0n) is 15.1. The van der Waals surface area contributed by atoms with Gasteiger partial charge in [-0.15, -0.1) is 10.2 Å². The van der Waals surface area contributed by atoms with E-state index in [1.807, 2.05) is 41.0 Å². The first-order chi connectivity index (χ1) is 13.7. The number of pyridine rings is 1. The molecule has 7 heteroatoms. The summed E-state index contributed by atoms with van der Waals surface area (Å²) in [7, 11) is 1.65. The van der Waals surface area contributed by atoms with Crippen LogP contribution in [-0.4, -0.2) is 26.9 Å². The molecule has 0 aliphatic carbocycles. The van der Waals surface area contributed by atoms with E-state index in [0.29, 0.717) is 5.82 Å². The highest BCUT2D eigenvalue weighted by Crippen LogP contribution is 2.30. The second kappa shape index (κ2) is 8.22. The van der Waals surface area contributed by atoms with Gasteiger partial charge in [-0.2, -0.15) is 0 Å². The minimum Gasteiger partial charge on any atom is -0.497 e. The summed E-state index contributed by atoms with van der Waals surface area (Å²) in [5.41, 5.74) is 2.84. The number of ether oxygens (including phenoxy) is 1. The molecule has 0 saturated carbocycles. The van der Waals surface area contributed by atoms with Crippen LogP contribution in [0.25, 0.3) is 17.1 Å². The van der Waals surface area contributed by atoms with Crippen LogP contribution in [0.15, 0.2) is 78.2 Å². The minimum absolute atomic E-state index is 0.283. The van der Waals surface area contributed by atoms with Crippen molar-refractivity contribution in [1.29, 1.82) is 0 Å². The molecule has 0 aliphatic heterocycles. The first kappa shape index (κ1) is 18.2. The lowest BCUT2D eigenvalue weighted by Gasteiger charge is -2.10. The molecule has 0 amide bonds. The Morgan fingerprint density at radius 1 is 0.929 bits per heavy atom. The Morgan fingerprint density at radius 3 is 2.32 bits per heavy atom. The highest BCUT2D eigenvalue weighted by molar-refractivity contribution is 7.98. The van der Waals surface area contributed by atoms with Crippen molar-refractivity contribution in [3.05, 3.63) is 84.4 Å². The van der Waals surface area contributed by atoms with Gasteiger partial charge in [-0.3, -0.25) is 9.55 Å². The minimum atomic E-state index is -0.283. The van der Waals surface area contributed by atoms with Gasteiger partial charge in [-0.1, -0.05) is 23.9 Å². The van der Waals surface area contributed by atoms with Crippen molar-refractivity contribution in [1.82, 2.24) is 19.7 Å². The van der Waals surface area contributed by atoms with E-state index in [2.05, 4.69) is 15.2 Å². The van der Waals surface area contributed by atoms with Gasteiger partial charge in [-0.05, 0) is 54.1 Å². The van der Waals surface area contributed by atoms with E-state index in [0.717, 1.165) is 33.5 Å². The Labute approximate surface area is 166 Å². The van der Waals surface area contributed by atoms with Crippen LogP contribution in [-0.2, 0) is 5.75 Å². The standard InChI is InChI=1S/C21H17FN4OS/c1-27-19-8-2-15(3-9-19)14-28-21-25-24-20(16-10-12-23-13-11-16)26(21)18-6-4-17(22)5-7-18/h2-13H,14H2,1H3. The van der Waals surface area contributed by atoms with Crippen LogP contribution in [0.1, 0.15) is 5.56 Å². The van der Waals surface area contributed by atoms with Gasteiger partial charge in [0.25, 0.3) is 0 Å². The van der Waals surface area contributed by atoms with E-state index in [-0.39, 0.29) is 5.82 Å². The topological polar surface area (TPSA) is 52.8 Å². The SMILES string of the molecule is COc1ccc(CSc2nnc(-c3ccncc3)n2-c2ccc(F)cc2)cc1. The summed E-state index contributed by atoms with van der Waals surface area (Å²) in [6.45, 7) is 0. The second-order valence-electron chi connectivity index (χ2n) is 5.99. The highest BCUT2D eigenvalue weighted by Gasteiger charge is 2.16. The maximum Gasteiger partial charge on any atom is 0.196 e. The molecule has 0 aliphatic rings. The Morgan fingerprint density at radius 2 is 1.64 bits per heavy atom. The second-order valence-corrected chi connectivity index (χ2v) is 6.93. The van der Waals surface area contributed by atoms with Crippen molar-refractivity contribution in [2.45, 2.75) is 10.9 Å². The van der Waals surface area contributed by atoms with Gasteiger partial charge >= 0.3 is 0 Å². The van der Waals surface area contributed by atoms with Crippen LogP contribution in [0, 0.1) is 5.82 Å². The molecule has 0 atom stereocenters. The van der Waals surface area contributed by atoms with Gasteiger partial charge in [0.1, 0.15) is 11.6 Å². The predicted molar refractivity (Wildman–Crippen MR) is 107 cm³/mol. The molecular weight excluding hydrogens is 375 g/mol. The van der Waals surface area contributed by atoms with Crippen LogP contribution in [0.5, 0.6) is 5.75 Å². The summed E-state index contributed by atoms with van der Waals surface area (Å²) in [6, 6.07) is 18.0. The largest absolute Gasteiger partial charge is 0.497 e. The monoisotopic (exact) mass is 392 g/mol. The predicted octanol–water partition coefficient (Wildman–Crippen LogP) is 4.77. The first-order valence-corrected chi connectivity index (χ1v) is 9.60. The van der Waals surface area contributed by atoms with Crippen molar-refractivity contribution in [3.63, 3.8) is 0 Å². The molecule has 0 radical (unpaired) electrons. The molecule has 2 heterocycles. The molecule has 140 valence electrons. The molecule has 0 bridgehead atoms. The Bertz CT molecular complexity index is 1050. The molecular formula is C21H17FN4OS. The van der Waals surface area contributed by atoms with Crippen LogP contribution in [0.2, 0.25) is 0 Å². The van der Waals surface area contributed by atoms with Gasteiger partial charge in [0.05, 0.1) is 7.11 Å². The Hall–Kier alpha value is -3.19. The molecule has 2 aromatic heterocycles. The van der Waals surface area contributed by atoms with E-state index in [1.165, 1.54) is 12.1 Å². The van der Waals surface area contributed by atoms with E-state index in [4.69, 9.17) is 4.74 Å². The third-order valence-corrected chi connectivity index (χ3v) is 5.18. The van der Waals surface area contributed by atoms with Gasteiger partial charge in [0.15, 0.2) is 11.0 Å². The maximum atomic E-state index is 13.4. The number of hydrogen-bond donors (Lipinski definition) is 0. The Balaban J connectivity index is 1.68. The molecule has 28 heavy (non-hydrogen) atoms. The lowest BCUT2D eigenvalue weighted by atomic mass is 10.2. The smallest absolute Gasteiger partial charge is 0.196 e. The van der Waals surface area contributed by atoms with Crippen LogP contribution < -0.4 is 4.74 Å². The fourth-order valence-corrected chi connectivity index (χ4v) is 3.65. The fraction of sp³-hybridized carbons (Fsp3) is 0.0952. The number of hydrogen-bond acceptors (Lipinski definition) is 5. The van der Waals surface area contributed by atoms with Crippen LogP contribution in [0.3, 0.4) is 0 Å².